The average molecular weight is 404 g/mol. The Kier molecular flexibility index (Phi) is 4.63. The summed E-state index contributed by atoms with van der Waals surface area (Å²) in [6.45, 7) is 2.02. The molecular formula is C16H17Cl3N4S. The molecular weight excluding hydrogens is 387 g/mol. The van der Waals surface area contributed by atoms with E-state index in [1.165, 1.54) is 12.8 Å². The van der Waals surface area contributed by atoms with Gasteiger partial charge in [-0.15, -0.1) is 33.4 Å². The van der Waals surface area contributed by atoms with Crippen LogP contribution in [0.4, 0.5) is 5.95 Å². The van der Waals surface area contributed by atoms with Crippen LogP contribution in [-0.2, 0) is 0 Å². The maximum absolute atomic E-state index is 6.19. The summed E-state index contributed by atoms with van der Waals surface area (Å²) >= 11 is 20.1. The minimum absolute atomic E-state index is 0.311. The van der Waals surface area contributed by atoms with Gasteiger partial charge in [0.2, 0.25) is 5.95 Å². The van der Waals surface area contributed by atoms with Gasteiger partial charge in [-0.2, -0.15) is 0 Å². The van der Waals surface area contributed by atoms with Crippen LogP contribution in [0.15, 0.2) is 29.4 Å². The number of alkyl halides is 2. The normalized spacial score (nSPS) is 22.1. The highest BCUT2D eigenvalue weighted by Crippen LogP contribution is 2.54. The topological polar surface area (TPSA) is 34.0 Å². The summed E-state index contributed by atoms with van der Waals surface area (Å²) in [5, 5.41) is 10.4. The third kappa shape index (κ3) is 3.36. The predicted octanol–water partition coefficient (Wildman–Crippen LogP) is 4.81. The Morgan fingerprint density at radius 1 is 1.21 bits per heavy atom. The monoisotopic (exact) mass is 402 g/mol. The van der Waals surface area contributed by atoms with E-state index >= 15 is 0 Å². The van der Waals surface area contributed by atoms with Crippen LogP contribution in [0.3, 0.4) is 0 Å². The molecule has 128 valence electrons. The molecule has 2 heterocycles. The second kappa shape index (κ2) is 6.60. The highest BCUT2D eigenvalue weighted by molar-refractivity contribution is 7.99. The minimum Gasteiger partial charge on any atom is -0.341 e. The minimum atomic E-state index is -0.564. The molecule has 0 radical (unpaired) electrons. The Bertz CT molecular complexity index is 743. The molecule has 2 aliphatic rings. The molecule has 1 aromatic carbocycles. The Morgan fingerprint density at radius 3 is 2.62 bits per heavy atom. The van der Waals surface area contributed by atoms with Crippen LogP contribution < -0.4 is 4.90 Å². The summed E-state index contributed by atoms with van der Waals surface area (Å²) in [4.78, 5) is 2.28. The fraction of sp³-hybridized carbons (Fsp3) is 0.500. The van der Waals surface area contributed by atoms with Crippen LogP contribution in [0.2, 0.25) is 5.02 Å². The second-order valence-electron chi connectivity index (χ2n) is 6.27. The van der Waals surface area contributed by atoms with Gasteiger partial charge in [0, 0.05) is 29.8 Å². The number of anilines is 1. The maximum Gasteiger partial charge on any atom is 0.232 e. The fourth-order valence-electron chi connectivity index (χ4n) is 2.94. The molecule has 1 aliphatic carbocycles. The molecule has 2 fully saturated rings. The molecule has 0 spiro atoms. The Balaban J connectivity index is 1.65. The van der Waals surface area contributed by atoms with Crippen molar-refractivity contribution in [1.82, 2.24) is 14.8 Å². The van der Waals surface area contributed by atoms with Crippen LogP contribution in [0.1, 0.15) is 19.3 Å². The molecule has 1 atom stereocenters. The zero-order valence-electron chi connectivity index (χ0n) is 13.0. The zero-order valence-corrected chi connectivity index (χ0v) is 16.0. The summed E-state index contributed by atoms with van der Waals surface area (Å²) in [5.41, 5.74) is 0.982. The van der Waals surface area contributed by atoms with Gasteiger partial charge in [-0.3, -0.25) is 4.57 Å². The first-order valence-electron chi connectivity index (χ1n) is 8.01. The SMILES string of the molecule is Clc1cccc(-n2c(SCC3CC3(Cl)Cl)nnc2N2CCCC2)c1. The molecule has 0 amide bonds. The van der Waals surface area contributed by atoms with Gasteiger partial charge in [0.25, 0.3) is 0 Å². The van der Waals surface area contributed by atoms with Crippen molar-refractivity contribution in [3.8, 4) is 5.69 Å². The fourth-order valence-corrected chi connectivity index (χ4v) is 5.01. The molecule has 0 bridgehead atoms. The van der Waals surface area contributed by atoms with E-state index in [0.29, 0.717) is 10.9 Å². The van der Waals surface area contributed by atoms with Crippen molar-refractivity contribution in [2.75, 3.05) is 23.7 Å². The molecule has 24 heavy (non-hydrogen) atoms. The van der Waals surface area contributed by atoms with E-state index in [9.17, 15) is 0 Å². The highest BCUT2D eigenvalue weighted by atomic mass is 35.5. The molecule has 1 saturated heterocycles. The number of aromatic nitrogens is 3. The van der Waals surface area contributed by atoms with Crippen molar-refractivity contribution in [3.05, 3.63) is 29.3 Å². The molecule has 0 N–H and O–H groups in total. The number of hydrogen-bond donors (Lipinski definition) is 0. The predicted molar refractivity (Wildman–Crippen MR) is 101 cm³/mol. The second-order valence-corrected chi connectivity index (χ2v) is 9.23. The lowest BCUT2D eigenvalue weighted by atomic mass is 10.3. The highest BCUT2D eigenvalue weighted by Gasteiger charge is 2.51. The van der Waals surface area contributed by atoms with Crippen LogP contribution in [0, 0.1) is 5.92 Å². The number of hydrogen-bond acceptors (Lipinski definition) is 4. The van der Waals surface area contributed by atoms with Gasteiger partial charge in [0.1, 0.15) is 4.33 Å². The number of nitrogens with zero attached hydrogens (tertiary/aromatic N) is 4. The van der Waals surface area contributed by atoms with Crippen LogP contribution in [0.5, 0.6) is 0 Å². The lowest BCUT2D eigenvalue weighted by Crippen LogP contribution is -2.22. The number of benzene rings is 1. The first-order valence-corrected chi connectivity index (χ1v) is 10.1. The van der Waals surface area contributed by atoms with Crippen molar-refractivity contribution < 1.29 is 0 Å². The number of thioether (sulfide) groups is 1. The molecule has 1 saturated carbocycles. The zero-order chi connectivity index (χ0) is 16.7. The molecule has 1 unspecified atom stereocenters. The number of halogens is 3. The standard InChI is InChI=1S/C16H17Cl3N4S/c17-12-4-3-5-13(8-12)23-14(22-6-1-2-7-22)20-21-15(23)24-10-11-9-16(11,18)19/h3-5,8,11H,1-2,6-7,9-10H2. The maximum atomic E-state index is 6.19. The first kappa shape index (κ1) is 16.8. The third-order valence-corrected chi connectivity index (χ3v) is 6.69. The van der Waals surface area contributed by atoms with Crippen LogP contribution in [0.25, 0.3) is 5.69 Å². The summed E-state index contributed by atoms with van der Waals surface area (Å²) in [7, 11) is 0. The summed E-state index contributed by atoms with van der Waals surface area (Å²) < 4.78 is 1.53. The van der Waals surface area contributed by atoms with E-state index in [0.717, 1.165) is 42.1 Å². The van der Waals surface area contributed by atoms with E-state index in [2.05, 4.69) is 19.7 Å². The van der Waals surface area contributed by atoms with Crippen molar-refractivity contribution in [3.63, 3.8) is 0 Å². The molecule has 4 nitrogen and oxygen atoms in total. The summed E-state index contributed by atoms with van der Waals surface area (Å²) in [5.74, 6) is 2.03. The summed E-state index contributed by atoms with van der Waals surface area (Å²) in [6, 6.07) is 7.79. The molecule has 4 rings (SSSR count). The van der Waals surface area contributed by atoms with E-state index in [-0.39, 0.29) is 0 Å². The lowest BCUT2D eigenvalue weighted by Gasteiger charge is -2.18. The van der Waals surface area contributed by atoms with Gasteiger partial charge in [-0.25, -0.2) is 0 Å². The van der Waals surface area contributed by atoms with Crippen molar-refractivity contribution in [1.29, 1.82) is 0 Å². The van der Waals surface area contributed by atoms with Crippen molar-refractivity contribution in [2.45, 2.75) is 28.8 Å². The van der Waals surface area contributed by atoms with Crippen LogP contribution in [-0.4, -0.2) is 37.9 Å². The Morgan fingerprint density at radius 2 is 1.96 bits per heavy atom. The van der Waals surface area contributed by atoms with E-state index in [4.69, 9.17) is 34.8 Å². The van der Waals surface area contributed by atoms with Crippen molar-refractivity contribution >= 4 is 52.5 Å². The molecule has 1 aliphatic heterocycles. The molecule has 2 aromatic rings. The van der Waals surface area contributed by atoms with Gasteiger partial charge >= 0.3 is 0 Å². The van der Waals surface area contributed by atoms with Gasteiger partial charge in [0.15, 0.2) is 5.16 Å². The summed E-state index contributed by atoms with van der Waals surface area (Å²) in [6.07, 6.45) is 3.22. The van der Waals surface area contributed by atoms with Crippen LogP contribution >= 0.6 is 46.6 Å². The van der Waals surface area contributed by atoms with Gasteiger partial charge in [-0.05, 0) is 37.5 Å². The molecule has 8 heteroatoms. The van der Waals surface area contributed by atoms with Gasteiger partial charge in [0.05, 0.1) is 5.69 Å². The van der Waals surface area contributed by atoms with E-state index < -0.39 is 4.33 Å². The Hall–Kier alpha value is -0.620. The van der Waals surface area contributed by atoms with Gasteiger partial charge < -0.3 is 4.90 Å². The molecule has 1 aromatic heterocycles. The average Bonchev–Trinajstić information content (AvgIpc) is 2.97. The number of rotatable bonds is 5. The van der Waals surface area contributed by atoms with E-state index in [1.54, 1.807) is 11.8 Å². The smallest absolute Gasteiger partial charge is 0.232 e. The first-order chi connectivity index (χ1) is 11.5. The largest absolute Gasteiger partial charge is 0.341 e. The van der Waals surface area contributed by atoms with Gasteiger partial charge in [-0.1, -0.05) is 29.4 Å². The van der Waals surface area contributed by atoms with Crippen molar-refractivity contribution in [2.24, 2.45) is 5.92 Å². The lowest BCUT2D eigenvalue weighted by molar-refractivity contribution is 0.839. The quantitative estimate of drug-likeness (QED) is 0.530. The van der Waals surface area contributed by atoms with E-state index in [1.807, 2.05) is 24.3 Å². The Labute approximate surface area is 160 Å². The third-order valence-electron chi connectivity index (χ3n) is 4.44.